The van der Waals surface area contributed by atoms with Gasteiger partial charge in [-0.1, -0.05) is 55.1 Å². The topological polar surface area (TPSA) is 133 Å². The lowest BCUT2D eigenvalue weighted by Crippen LogP contribution is -2.57. The van der Waals surface area contributed by atoms with Crippen LogP contribution in [-0.4, -0.2) is 44.7 Å². The molecule has 0 unspecified atom stereocenters. The van der Waals surface area contributed by atoms with Crippen molar-refractivity contribution in [1.29, 1.82) is 0 Å². The van der Waals surface area contributed by atoms with Gasteiger partial charge in [-0.2, -0.15) is 0 Å². The van der Waals surface area contributed by atoms with Crippen LogP contribution in [0.25, 0.3) is 11.1 Å². The zero-order valence-corrected chi connectivity index (χ0v) is 26.2. The van der Waals surface area contributed by atoms with Gasteiger partial charge in [-0.25, -0.2) is 9.18 Å². The predicted octanol–water partition coefficient (Wildman–Crippen LogP) is 7.16. The van der Waals surface area contributed by atoms with Gasteiger partial charge >= 0.3 is 5.97 Å². The summed E-state index contributed by atoms with van der Waals surface area (Å²) >= 11 is 1.36. The van der Waals surface area contributed by atoms with Gasteiger partial charge in [-0.05, 0) is 79.8 Å². The number of halogens is 1. The zero-order valence-electron chi connectivity index (χ0n) is 25.4. The van der Waals surface area contributed by atoms with Gasteiger partial charge in [0, 0.05) is 28.2 Å². The molecule has 4 N–H and O–H groups in total. The lowest BCUT2D eigenvalue weighted by atomic mass is 9.51. The largest absolute Gasteiger partial charge is 0.506 e. The number of Topliss-reactive ketones (excluding diaryl/α,β-unsaturated/α-hetero) is 1. The minimum atomic E-state index is -1.41. The number of aromatic carboxylic acids is 1. The molecule has 0 aromatic heterocycles. The molecule has 5 aliphatic rings. The standard InChI is InChI=1S/C36H34FNO7S/c1-34(13-12-28(40)38-29-25(39)11-10-23(30(29)41)33(43)44)31-26-15-20-16-36(31,18-35(20,2)45-26)17-27(32(34)42)46-21-7-5-6-19(14-21)22-8-3-4-9-24(22)37/h3-11,14,17,20,26,31,39,41H,12-13,15-16,18H2,1-2H3,(H,38,40)(H,43,44)/t20-,26+,31+,34+,35+,36-/m1/s1. The average molecular weight is 644 g/mol. The zero-order chi connectivity index (χ0) is 32.6. The Labute approximate surface area is 269 Å². The maximum absolute atomic E-state index is 14.6. The number of carboxylic acid groups (broad SMARTS) is 1. The van der Waals surface area contributed by atoms with Gasteiger partial charge in [0.2, 0.25) is 5.91 Å². The minimum Gasteiger partial charge on any atom is -0.506 e. The van der Waals surface area contributed by atoms with E-state index in [1.807, 2.05) is 31.2 Å². The maximum Gasteiger partial charge on any atom is 0.339 e. The molecule has 4 bridgehead atoms. The lowest BCUT2D eigenvalue weighted by molar-refractivity contribution is -0.169. The van der Waals surface area contributed by atoms with E-state index in [0.29, 0.717) is 21.9 Å². The van der Waals surface area contributed by atoms with E-state index in [9.17, 15) is 34.1 Å². The maximum atomic E-state index is 14.6. The van der Waals surface area contributed by atoms with Gasteiger partial charge in [0.1, 0.15) is 22.8 Å². The van der Waals surface area contributed by atoms with Crippen molar-refractivity contribution in [3.8, 4) is 22.6 Å². The molecule has 2 saturated heterocycles. The first-order valence-electron chi connectivity index (χ1n) is 15.4. The molecule has 1 spiro atoms. The average Bonchev–Trinajstić information content (AvgIpc) is 3.37. The number of amides is 1. The van der Waals surface area contributed by atoms with E-state index in [0.717, 1.165) is 36.3 Å². The first kappa shape index (κ1) is 30.5. The summed E-state index contributed by atoms with van der Waals surface area (Å²) < 4.78 is 21.2. The summed E-state index contributed by atoms with van der Waals surface area (Å²) in [7, 11) is 0. The molecule has 3 aromatic rings. The van der Waals surface area contributed by atoms with Gasteiger partial charge in [0.25, 0.3) is 0 Å². The highest BCUT2D eigenvalue weighted by molar-refractivity contribution is 8.04. The quantitative estimate of drug-likeness (QED) is 0.190. The van der Waals surface area contributed by atoms with E-state index in [4.69, 9.17) is 4.74 Å². The number of hydrogen-bond donors (Lipinski definition) is 4. The summed E-state index contributed by atoms with van der Waals surface area (Å²) in [4.78, 5) is 40.7. The van der Waals surface area contributed by atoms with Gasteiger partial charge in [0.15, 0.2) is 11.5 Å². The third-order valence-corrected chi connectivity index (χ3v) is 11.7. The third-order valence-electron chi connectivity index (χ3n) is 10.7. The van der Waals surface area contributed by atoms with Crippen LogP contribution in [0.2, 0.25) is 0 Å². The Bertz CT molecular complexity index is 1840. The number of nitrogens with one attached hydrogen (secondary N) is 1. The summed E-state index contributed by atoms with van der Waals surface area (Å²) in [6, 6.07) is 16.2. The van der Waals surface area contributed by atoms with Crippen molar-refractivity contribution in [2.75, 3.05) is 5.32 Å². The molecule has 0 radical (unpaired) electrons. The van der Waals surface area contributed by atoms with E-state index in [1.165, 1.54) is 17.8 Å². The molecule has 46 heavy (non-hydrogen) atoms. The van der Waals surface area contributed by atoms with E-state index in [-0.39, 0.29) is 53.2 Å². The second kappa shape index (κ2) is 10.7. The van der Waals surface area contributed by atoms with Crippen molar-refractivity contribution < 1.29 is 38.8 Å². The molecule has 3 aliphatic carbocycles. The monoisotopic (exact) mass is 643 g/mol. The number of carboxylic acids is 1. The van der Waals surface area contributed by atoms with Crippen molar-refractivity contribution in [1.82, 2.24) is 0 Å². The summed E-state index contributed by atoms with van der Waals surface area (Å²) in [5.74, 6) is -3.36. The Hall–Kier alpha value is -4.15. The number of aromatic hydroxyl groups is 2. The fraction of sp³-hybridized carbons (Fsp3) is 0.361. The molecule has 2 heterocycles. The van der Waals surface area contributed by atoms with Gasteiger partial charge in [-0.15, -0.1) is 0 Å². The molecule has 8 nitrogen and oxygen atoms in total. The van der Waals surface area contributed by atoms with Crippen LogP contribution in [0.1, 0.15) is 56.3 Å². The van der Waals surface area contributed by atoms with Crippen LogP contribution < -0.4 is 5.32 Å². The number of benzene rings is 3. The second-order valence-corrected chi connectivity index (χ2v) is 14.7. The number of anilines is 1. The van der Waals surface area contributed by atoms with E-state index < -0.39 is 34.4 Å². The van der Waals surface area contributed by atoms with Gasteiger partial charge in [0.05, 0.1) is 16.6 Å². The Balaban J connectivity index is 1.19. The SMILES string of the molecule is C[C@]12C[C@@]34C=C(Sc5cccc(-c6ccccc6F)c5)C(=O)[C@@](C)(CCC(=O)Nc5c(O)ccc(C(=O)O)c5O)[C@@H]3[C@H](C[C@@H]1C4)O2. The highest BCUT2D eigenvalue weighted by Crippen LogP contribution is 2.72. The van der Waals surface area contributed by atoms with E-state index in [1.54, 1.807) is 18.2 Å². The number of phenolic OH excluding ortho intramolecular Hbond substituents is 1. The van der Waals surface area contributed by atoms with Crippen LogP contribution in [0.4, 0.5) is 10.1 Å². The summed E-state index contributed by atoms with van der Waals surface area (Å²) in [5, 5.41) is 32.5. The molecule has 2 aliphatic heterocycles. The number of thioether (sulfide) groups is 1. The fourth-order valence-corrected chi connectivity index (χ4v) is 10.0. The van der Waals surface area contributed by atoms with Gasteiger partial charge in [-0.3, -0.25) is 9.59 Å². The molecule has 2 saturated carbocycles. The predicted molar refractivity (Wildman–Crippen MR) is 170 cm³/mol. The normalized spacial score (nSPS) is 30.6. The van der Waals surface area contributed by atoms with E-state index >= 15 is 0 Å². The van der Waals surface area contributed by atoms with Gasteiger partial charge < -0.3 is 25.4 Å². The molecule has 4 fully saturated rings. The van der Waals surface area contributed by atoms with Crippen molar-refractivity contribution in [2.45, 2.75) is 62.6 Å². The molecule has 10 heteroatoms. The van der Waals surface area contributed by atoms with Crippen LogP contribution in [0, 0.1) is 28.5 Å². The molecular formula is C36H34FNO7S. The Morgan fingerprint density at radius 2 is 1.87 bits per heavy atom. The fourth-order valence-electron chi connectivity index (χ4n) is 8.84. The van der Waals surface area contributed by atoms with Crippen molar-refractivity contribution in [3.05, 3.63) is 83.0 Å². The van der Waals surface area contributed by atoms with E-state index in [2.05, 4.69) is 18.3 Å². The summed E-state index contributed by atoms with van der Waals surface area (Å²) in [5.41, 5.74) is -1.17. The number of rotatable bonds is 8. The molecule has 1 amide bonds. The third kappa shape index (κ3) is 4.72. The van der Waals surface area contributed by atoms with Crippen molar-refractivity contribution >= 4 is 35.1 Å². The summed E-state index contributed by atoms with van der Waals surface area (Å²) in [6.45, 7) is 4.07. The smallest absolute Gasteiger partial charge is 0.339 e. The Morgan fingerprint density at radius 3 is 2.61 bits per heavy atom. The molecule has 238 valence electrons. The number of carbonyl (C=O) groups is 3. The number of ketones is 1. The lowest BCUT2D eigenvalue weighted by Gasteiger charge is -2.56. The van der Waals surface area contributed by atoms with Crippen LogP contribution in [-0.2, 0) is 14.3 Å². The van der Waals surface area contributed by atoms with Crippen molar-refractivity contribution in [3.63, 3.8) is 0 Å². The highest BCUT2D eigenvalue weighted by Gasteiger charge is 2.72. The first-order chi connectivity index (χ1) is 21.8. The number of phenols is 2. The highest BCUT2D eigenvalue weighted by atomic mass is 32.2. The minimum absolute atomic E-state index is 0.0849. The van der Waals surface area contributed by atoms with Crippen LogP contribution in [0.5, 0.6) is 11.5 Å². The van der Waals surface area contributed by atoms with Crippen LogP contribution in [0.3, 0.4) is 0 Å². The number of hydrogen-bond acceptors (Lipinski definition) is 7. The molecular weight excluding hydrogens is 609 g/mol. The van der Waals surface area contributed by atoms with Crippen LogP contribution in [0.15, 0.2) is 76.5 Å². The molecule has 8 rings (SSSR count). The van der Waals surface area contributed by atoms with Crippen LogP contribution >= 0.6 is 11.8 Å². The first-order valence-corrected chi connectivity index (χ1v) is 16.2. The number of allylic oxidation sites excluding steroid dienone is 2. The number of ether oxygens (including phenoxy) is 1. The molecule has 3 aromatic carbocycles. The Morgan fingerprint density at radius 1 is 1.09 bits per heavy atom. The number of carbonyl (C=O) groups excluding carboxylic acids is 2. The second-order valence-electron chi connectivity index (χ2n) is 13.6. The van der Waals surface area contributed by atoms with Crippen molar-refractivity contribution in [2.24, 2.45) is 22.7 Å². The Kier molecular flexibility index (Phi) is 7.10. The summed E-state index contributed by atoms with van der Waals surface area (Å²) in [6.07, 6.45) is 4.64. The molecule has 6 atom stereocenters.